The molecule has 0 saturated heterocycles. The first kappa shape index (κ1) is 24.7. The Balaban J connectivity index is 0. The van der Waals surface area contributed by atoms with E-state index in [1.807, 2.05) is 33.0 Å². The van der Waals surface area contributed by atoms with Gasteiger partial charge in [-0.3, -0.25) is 0 Å². The van der Waals surface area contributed by atoms with Gasteiger partial charge in [-0.25, -0.2) is 0 Å². The van der Waals surface area contributed by atoms with E-state index in [9.17, 15) is 0 Å². The molecule has 0 atom stereocenters. The molecule has 0 fully saturated rings. The molecule has 1 nitrogen and oxygen atoms in total. The van der Waals surface area contributed by atoms with Crippen molar-refractivity contribution < 1.29 is 0 Å². The molecule has 0 aliphatic carbocycles. The van der Waals surface area contributed by atoms with Crippen LogP contribution in [0.3, 0.4) is 0 Å². The minimum Gasteiger partial charge on any atom is -0.319 e. The zero-order chi connectivity index (χ0) is 18.1. The summed E-state index contributed by atoms with van der Waals surface area (Å²) in [6, 6.07) is 8.10. The molecule has 136 valence electrons. The van der Waals surface area contributed by atoms with Crippen molar-refractivity contribution in [1.82, 2.24) is 5.32 Å². The van der Waals surface area contributed by atoms with E-state index in [-0.39, 0.29) is 0 Å². The summed E-state index contributed by atoms with van der Waals surface area (Å²) in [7, 11) is 1.99. The highest BCUT2D eigenvalue weighted by atomic mass is 35.5. The summed E-state index contributed by atoms with van der Waals surface area (Å²) in [6.07, 6.45) is 8.08. The van der Waals surface area contributed by atoms with Crippen LogP contribution in [0.2, 0.25) is 5.02 Å². The lowest BCUT2D eigenvalue weighted by molar-refractivity contribution is 0.350. The fourth-order valence-electron chi connectivity index (χ4n) is 2.37. The fourth-order valence-corrected chi connectivity index (χ4v) is 2.50. The third-order valence-electron chi connectivity index (χ3n) is 3.46. The van der Waals surface area contributed by atoms with E-state index in [0.717, 1.165) is 18.0 Å². The molecule has 0 aliphatic rings. The molecule has 0 aliphatic heterocycles. The van der Waals surface area contributed by atoms with Crippen molar-refractivity contribution in [2.45, 2.75) is 80.1 Å². The molecule has 0 spiro atoms. The van der Waals surface area contributed by atoms with Crippen LogP contribution in [0.4, 0.5) is 0 Å². The van der Waals surface area contributed by atoms with Crippen molar-refractivity contribution in [3.05, 3.63) is 34.9 Å². The summed E-state index contributed by atoms with van der Waals surface area (Å²) in [5.74, 6) is 0. The molecule has 1 N–H and O–H groups in total. The van der Waals surface area contributed by atoms with Gasteiger partial charge in [-0.15, -0.1) is 0 Å². The largest absolute Gasteiger partial charge is 0.319 e. The van der Waals surface area contributed by atoms with E-state index in [1.165, 1.54) is 37.7 Å². The smallest absolute Gasteiger partial charge is 0.0406 e. The molecular weight excluding hydrogens is 302 g/mol. The Morgan fingerprint density at radius 2 is 1.39 bits per heavy atom. The van der Waals surface area contributed by atoms with Crippen molar-refractivity contribution in [3.63, 3.8) is 0 Å². The van der Waals surface area contributed by atoms with E-state index < -0.39 is 0 Å². The van der Waals surface area contributed by atoms with E-state index in [1.54, 1.807) is 0 Å². The summed E-state index contributed by atoms with van der Waals surface area (Å²) in [4.78, 5) is 0. The standard InChI is InChI=1S/C12H18ClN.C7H16.C2H6/c1-12(2,9-14-3)8-10-4-6-11(13)7-5-10;1-3-5-7-6-4-2;1-2/h4-7,14H,8-9H2,1-3H3;3-7H2,1-2H3;1-2H3. The minimum atomic E-state index is 0.294. The molecule has 23 heavy (non-hydrogen) atoms. The summed E-state index contributed by atoms with van der Waals surface area (Å²) in [6.45, 7) is 14.0. The lowest BCUT2D eigenvalue weighted by Gasteiger charge is -2.24. The van der Waals surface area contributed by atoms with Crippen LogP contribution in [0.15, 0.2) is 24.3 Å². The molecule has 1 aromatic rings. The number of unbranched alkanes of at least 4 members (excludes halogenated alkanes) is 4. The van der Waals surface area contributed by atoms with Crippen LogP contribution in [0, 0.1) is 5.41 Å². The normalized spacial score (nSPS) is 10.3. The van der Waals surface area contributed by atoms with Crippen molar-refractivity contribution in [2.75, 3.05) is 13.6 Å². The van der Waals surface area contributed by atoms with Crippen molar-refractivity contribution in [1.29, 1.82) is 0 Å². The van der Waals surface area contributed by atoms with Crippen LogP contribution >= 0.6 is 11.6 Å². The Kier molecular flexibility index (Phi) is 17.6. The monoisotopic (exact) mass is 341 g/mol. The Morgan fingerprint density at radius 3 is 1.78 bits per heavy atom. The van der Waals surface area contributed by atoms with E-state index in [0.29, 0.717) is 5.41 Å². The summed E-state index contributed by atoms with van der Waals surface area (Å²) in [5, 5.41) is 4.02. The van der Waals surface area contributed by atoms with E-state index in [2.05, 4.69) is 45.1 Å². The zero-order valence-corrected chi connectivity index (χ0v) is 17.4. The zero-order valence-electron chi connectivity index (χ0n) is 16.6. The average molecular weight is 342 g/mol. The molecule has 1 rings (SSSR count). The van der Waals surface area contributed by atoms with Crippen LogP contribution in [-0.4, -0.2) is 13.6 Å². The molecule has 0 aromatic heterocycles. The van der Waals surface area contributed by atoms with Gasteiger partial charge in [0.15, 0.2) is 0 Å². The number of halogens is 1. The number of hydrogen-bond acceptors (Lipinski definition) is 1. The molecule has 0 bridgehead atoms. The highest BCUT2D eigenvalue weighted by Gasteiger charge is 2.16. The predicted molar refractivity (Wildman–Crippen MR) is 109 cm³/mol. The van der Waals surface area contributed by atoms with Gasteiger partial charge in [-0.1, -0.05) is 97.4 Å². The van der Waals surface area contributed by atoms with Gasteiger partial charge in [0.05, 0.1) is 0 Å². The van der Waals surface area contributed by atoms with Gasteiger partial charge in [0.25, 0.3) is 0 Å². The Hall–Kier alpha value is -0.530. The molecule has 2 heteroatoms. The average Bonchev–Trinajstić information content (AvgIpc) is 2.52. The van der Waals surface area contributed by atoms with E-state index >= 15 is 0 Å². The fraction of sp³-hybridized carbons (Fsp3) is 0.714. The van der Waals surface area contributed by atoms with Crippen molar-refractivity contribution in [3.8, 4) is 0 Å². The summed E-state index contributed by atoms with van der Waals surface area (Å²) < 4.78 is 0. The van der Waals surface area contributed by atoms with Crippen molar-refractivity contribution >= 4 is 11.6 Å². The topological polar surface area (TPSA) is 12.0 Å². The van der Waals surface area contributed by atoms with Gasteiger partial charge >= 0.3 is 0 Å². The van der Waals surface area contributed by atoms with Crippen LogP contribution in [-0.2, 0) is 6.42 Å². The second-order valence-electron chi connectivity index (χ2n) is 6.56. The van der Waals surface area contributed by atoms with Gasteiger partial charge < -0.3 is 5.32 Å². The Morgan fingerprint density at radius 1 is 0.913 bits per heavy atom. The molecule has 0 radical (unpaired) electrons. The molecule has 1 aromatic carbocycles. The highest BCUT2D eigenvalue weighted by molar-refractivity contribution is 6.30. The first-order valence-corrected chi connectivity index (χ1v) is 9.72. The van der Waals surface area contributed by atoms with Gasteiger partial charge in [0, 0.05) is 11.6 Å². The second-order valence-corrected chi connectivity index (χ2v) is 6.99. The molecule has 0 heterocycles. The summed E-state index contributed by atoms with van der Waals surface area (Å²) in [5.41, 5.74) is 1.64. The molecule has 0 amide bonds. The Labute approximate surface area is 151 Å². The maximum atomic E-state index is 5.83. The van der Waals surface area contributed by atoms with Gasteiger partial charge in [0.2, 0.25) is 0 Å². The number of nitrogens with one attached hydrogen (secondary N) is 1. The van der Waals surface area contributed by atoms with Gasteiger partial charge in [-0.05, 0) is 36.6 Å². The van der Waals surface area contributed by atoms with Crippen LogP contribution in [0.1, 0.15) is 79.2 Å². The molecular formula is C21H40ClN. The quantitative estimate of drug-likeness (QED) is 0.496. The van der Waals surface area contributed by atoms with E-state index in [4.69, 9.17) is 11.6 Å². The lowest BCUT2D eigenvalue weighted by Crippen LogP contribution is -2.28. The molecule has 0 unspecified atom stereocenters. The number of benzene rings is 1. The maximum Gasteiger partial charge on any atom is 0.0406 e. The predicted octanol–water partition coefficient (Wildman–Crippen LogP) is 7.13. The third kappa shape index (κ3) is 16.1. The van der Waals surface area contributed by atoms with Crippen LogP contribution in [0.5, 0.6) is 0 Å². The number of rotatable bonds is 8. The number of hydrogen-bond donors (Lipinski definition) is 1. The van der Waals surface area contributed by atoms with Crippen LogP contribution in [0.25, 0.3) is 0 Å². The first-order chi connectivity index (χ1) is 10.9. The van der Waals surface area contributed by atoms with Gasteiger partial charge in [0.1, 0.15) is 0 Å². The SMILES string of the molecule is CC.CCCCCCC.CNCC(C)(C)Cc1ccc(Cl)cc1. The second kappa shape index (κ2) is 16.3. The summed E-state index contributed by atoms with van der Waals surface area (Å²) >= 11 is 5.83. The van der Waals surface area contributed by atoms with Gasteiger partial charge in [-0.2, -0.15) is 0 Å². The first-order valence-electron chi connectivity index (χ1n) is 9.34. The minimum absolute atomic E-state index is 0.294. The third-order valence-corrected chi connectivity index (χ3v) is 3.71. The maximum absolute atomic E-state index is 5.83. The lowest BCUT2D eigenvalue weighted by atomic mass is 9.86. The van der Waals surface area contributed by atoms with Crippen molar-refractivity contribution in [2.24, 2.45) is 5.41 Å². The molecule has 0 saturated carbocycles. The highest BCUT2D eigenvalue weighted by Crippen LogP contribution is 2.21. The Bertz CT molecular complexity index is 339. The van der Waals surface area contributed by atoms with Crippen LogP contribution < -0.4 is 5.32 Å².